The van der Waals surface area contributed by atoms with E-state index in [1.807, 2.05) is 0 Å². The molecule has 0 spiro atoms. The van der Waals surface area contributed by atoms with Gasteiger partial charge in [0.25, 0.3) is 5.91 Å². The summed E-state index contributed by atoms with van der Waals surface area (Å²) in [5.41, 5.74) is 0.623. The van der Waals surface area contributed by atoms with Crippen LogP contribution in [0.1, 0.15) is 39.4 Å². The number of ketones is 1. The van der Waals surface area contributed by atoms with Crippen LogP contribution in [0, 0.1) is 17.6 Å². The summed E-state index contributed by atoms with van der Waals surface area (Å²) in [4.78, 5) is 31.1. The normalized spacial score (nSPS) is 16.2. The van der Waals surface area contributed by atoms with Gasteiger partial charge in [-0.15, -0.1) is 0 Å². The summed E-state index contributed by atoms with van der Waals surface area (Å²) in [6.45, 7) is 0.705. The number of piperidine rings is 1. The number of rotatable bonds is 6. The van der Waals surface area contributed by atoms with Crippen molar-refractivity contribution in [1.82, 2.24) is 15.0 Å². The Kier molecular flexibility index (Phi) is 6.01. The molecule has 9 heteroatoms. The number of carbonyl (C=O) groups is 2. The van der Waals surface area contributed by atoms with Gasteiger partial charge in [0.15, 0.2) is 28.9 Å². The molecule has 0 N–H and O–H groups in total. The van der Waals surface area contributed by atoms with Crippen LogP contribution >= 0.6 is 0 Å². The molecule has 1 fully saturated rings. The molecular formula is C22H19F2N3O4. The second kappa shape index (κ2) is 9.03. The maximum Gasteiger partial charge on any atom is 0.276 e. The highest BCUT2D eigenvalue weighted by Gasteiger charge is 2.30. The van der Waals surface area contributed by atoms with Crippen molar-refractivity contribution in [3.05, 3.63) is 77.4 Å². The first-order valence-electron chi connectivity index (χ1n) is 9.78. The van der Waals surface area contributed by atoms with E-state index in [1.54, 1.807) is 23.2 Å². The molecule has 1 aromatic carbocycles. The minimum absolute atomic E-state index is 0.0358. The number of likely N-dealkylation sites (tertiary alicyclic amines) is 1. The molecule has 3 heterocycles. The van der Waals surface area contributed by atoms with Crippen LogP contribution in [0.3, 0.4) is 0 Å². The molecule has 3 aromatic rings. The smallest absolute Gasteiger partial charge is 0.276 e. The molecule has 0 aliphatic carbocycles. The highest BCUT2D eigenvalue weighted by atomic mass is 19.2. The van der Waals surface area contributed by atoms with Crippen molar-refractivity contribution >= 4 is 11.7 Å². The van der Waals surface area contributed by atoms with E-state index in [0.717, 1.165) is 12.1 Å². The predicted molar refractivity (Wildman–Crippen MR) is 104 cm³/mol. The standard InChI is InChI=1S/C22H19F2N3O4/c23-18-6-5-16(9-19(18)24)30-13-17-10-20(26-31-17)22(29)27-8-2-4-15(12-27)21(28)14-3-1-7-25-11-14/h1,3,5-7,9-11,15H,2,4,8,12-13H2. The lowest BCUT2D eigenvalue weighted by Gasteiger charge is -2.31. The first kappa shape index (κ1) is 20.6. The predicted octanol–water partition coefficient (Wildman–Crippen LogP) is 3.66. The Morgan fingerprint density at radius 3 is 2.84 bits per heavy atom. The van der Waals surface area contributed by atoms with Crippen molar-refractivity contribution in [2.75, 3.05) is 13.1 Å². The molecule has 7 nitrogen and oxygen atoms in total. The molecule has 0 radical (unpaired) electrons. The second-order valence-electron chi connectivity index (χ2n) is 7.24. The fourth-order valence-electron chi connectivity index (χ4n) is 3.48. The Hall–Kier alpha value is -3.62. The summed E-state index contributed by atoms with van der Waals surface area (Å²) in [6, 6.07) is 8.03. The van der Waals surface area contributed by atoms with E-state index < -0.39 is 11.6 Å². The summed E-state index contributed by atoms with van der Waals surface area (Å²) in [5.74, 6) is -2.29. The molecule has 0 bridgehead atoms. The van der Waals surface area contributed by atoms with Gasteiger partial charge in [0.05, 0.1) is 0 Å². The monoisotopic (exact) mass is 427 g/mol. The van der Waals surface area contributed by atoms with Gasteiger partial charge in [0, 0.05) is 49.1 Å². The van der Waals surface area contributed by atoms with Crippen molar-refractivity contribution < 1.29 is 27.6 Å². The zero-order valence-corrected chi connectivity index (χ0v) is 16.5. The molecule has 160 valence electrons. The Morgan fingerprint density at radius 2 is 2.06 bits per heavy atom. The van der Waals surface area contributed by atoms with Crippen LogP contribution in [0.2, 0.25) is 0 Å². The summed E-state index contributed by atoms with van der Waals surface area (Å²) in [6.07, 6.45) is 4.53. The fraction of sp³-hybridized carbons (Fsp3) is 0.273. The summed E-state index contributed by atoms with van der Waals surface area (Å²) >= 11 is 0. The van der Waals surface area contributed by atoms with Crippen LogP contribution in [0.25, 0.3) is 0 Å². The highest BCUT2D eigenvalue weighted by molar-refractivity contribution is 5.98. The molecule has 1 aliphatic rings. The molecule has 1 aliphatic heterocycles. The number of pyridine rings is 1. The lowest BCUT2D eigenvalue weighted by Crippen LogP contribution is -2.42. The van der Waals surface area contributed by atoms with Gasteiger partial charge in [-0.1, -0.05) is 5.16 Å². The number of amides is 1. The molecule has 31 heavy (non-hydrogen) atoms. The van der Waals surface area contributed by atoms with Crippen LogP contribution < -0.4 is 4.74 Å². The van der Waals surface area contributed by atoms with Crippen molar-refractivity contribution in [3.63, 3.8) is 0 Å². The summed E-state index contributed by atoms with van der Waals surface area (Å²) < 4.78 is 36.7. The summed E-state index contributed by atoms with van der Waals surface area (Å²) in [7, 11) is 0. The maximum absolute atomic E-state index is 13.2. The Morgan fingerprint density at radius 1 is 1.19 bits per heavy atom. The Bertz CT molecular complexity index is 1090. The van der Waals surface area contributed by atoms with Crippen LogP contribution in [0.15, 0.2) is 53.3 Å². The highest BCUT2D eigenvalue weighted by Crippen LogP contribution is 2.23. The number of ether oxygens (including phenoxy) is 1. The average Bonchev–Trinajstić information content (AvgIpc) is 3.28. The molecule has 1 saturated heterocycles. The number of halogens is 2. The molecule has 1 amide bonds. The maximum atomic E-state index is 13.2. The first-order valence-corrected chi connectivity index (χ1v) is 9.78. The van der Waals surface area contributed by atoms with Gasteiger partial charge in [-0.2, -0.15) is 0 Å². The van der Waals surface area contributed by atoms with E-state index in [2.05, 4.69) is 10.1 Å². The molecule has 4 rings (SSSR count). The lowest BCUT2D eigenvalue weighted by molar-refractivity contribution is 0.0628. The van der Waals surface area contributed by atoms with Crippen molar-refractivity contribution in [1.29, 1.82) is 0 Å². The van der Waals surface area contributed by atoms with E-state index in [4.69, 9.17) is 9.26 Å². The van der Waals surface area contributed by atoms with E-state index >= 15 is 0 Å². The minimum Gasteiger partial charge on any atom is -0.485 e. The number of benzene rings is 1. The van der Waals surface area contributed by atoms with Crippen molar-refractivity contribution in [3.8, 4) is 5.75 Å². The Balaban J connectivity index is 1.37. The van der Waals surface area contributed by atoms with E-state index in [9.17, 15) is 18.4 Å². The molecule has 1 unspecified atom stereocenters. The zero-order valence-electron chi connectivity index (χ0n) is 16.5. The number of carbonyl (C=O) groups excluding carboxylic acids is 2. The van der Waals surface area contributed by atoms with Crippen molar-refractivity contribution in [2.45, 2.75) is 19.4 Å². The number of aromatic nitrogens is 2. The number of Topliss-reactive ketones (excluding diaryl/α,β-unsaturated/α-hetero) is 1. The molecular weight excluding hydrogens is 408 g/mol. The van der Waals surface area contributed by atoms with Gasteiger partial charge in [-0.3, -0.25) is 14.6 Å². The van der Waals surface area contributed by atoms with E-state index in [-0.39, 0.29) is 41.4 Å². The zero-order chi connectivity index (χ0) is 21.8. The van der Waals surface area contributed by atoms with E-state index in [0.29, 0.717) is 31.5 Å². The van der Waals surface area contributed by atoms with E-state index in [1.165, 1.54) is 18.3 Å². The molecule has 1 atom stereocenters. The number of nitrogens with zero attached hydrogens (tertiary/aromatic N) is 3. The third-order valence-corrected chi connectivity index (χ3v) is 5.08. The third-order valence-electron chi connectivity index (χ3n) is 5.08. The summed E-state index contributed by atoms with van der Waals surface area (Å²) in [5, 5.41) is 3.79. The van der Waals surface area contributed by atoms with Gasteiger partial charge in [-0.05, 0) is 37.1 Å². The third kappa shape index (κ3) is 4.76. The van der Waals surface area contributed by atoms with Crippen molar-refractivity contribution in [2.24, 2.45) is 5.92 Å². The second-order valence-corrected chi connectivity index (χ2v) is 7.24. The lowest BCUT2D eigenvalue weighted by atomic mass is 9.90. The SMILES string of the molecule is O=C(c1cccnc1)C1CCCN(C(=O)c2cc(COc3ccc(F)c(F)c3)on2)C1. The molecule has 0 saturated carbocycles. The topological polar surface area (TPSA) is 85.5 Å². The quantitative estimate of drug-likeness (QED) is 0.558. The minimum atomic E-state index is -1.02. The average molecular weight is 427 g/mol. The van der Waals surface area contributed by atoms with Crippen LogP contribution in [0.4, 0.5) is 8.78 Å². The fourth-order valence-corrected chi connectivity index (χ4v) is 3.48. The Labute approximate surface area is 176 Å². The first-order chi connectivity index (χ1) is 15.0. The van der Waals surface area contributed by atoms with Gasteiger partial charge >= 0.3 is 0 Å². The van der Waals surface area contributed by atoms with Crippen LogP contribution in [-0.2, 0) is 6.61 Å². The van der Waals surface area contributed by atoms with Gasteiger partial charge < -0.3 is 14.2 Å². The molecule has 2 aromatic heterocycles. The number of hydrogen-bond acceptors (Lipinski definition) is 6. The number of hydrogen-bond donors (Lipinski definition) is 0. The van der Waals surface area contributed by atoms with Crippen LogP contribution in [-0.4, -0.2) is 39.8 Å². The van der Waals surface area contributed by atoms with Crippen LogP contribution in [0.5, 0.6) is 5.75 Å². The van der Waals surface area contributed by atoms with Gasteiger partial charge in [-0.25, -0.2) is 8.78 Å². The van der Waals surface area contributed by atoms with Gasteiger partial charge in [0.2, 0.25) is 0 Å². The van der Waals surface area contributed by atoms with Gasteiger partial charge in [0.1, 0.15) is 12.4 Å². The largest absolute Gasteiger partial charge is 0.485 e.